The zero-order valence-electron chi connectivity index (χ0n) is 10.6. The van der Waals surface area contributed by atoms with Gasteiger partial charge in [0.2, 0.25) is 0 Å². The van der Waals surface area contributed by atoms with Crippen LogP contribution in [-0.2, 0) is 20.0 Å². The van der Waals surface area contributed by atoms with Gasteiger partial charge in [0.05, 0.1) is 6.26 Å². The van der Waals surface area contributed by atoms with Crippen molar-refractivity contribution >= 4 is 51.6 Å². The Morgan fingerprint density at radius 1 is 1.37 bits per heavy atom. The summed E-state index contributed by atoms with van der Waals surface area (Å²) in [5, 5.41) is 2.49. The summed E-state index contributed by atoms with van der Waals surface area (Å²) in [5.74, 6) is 0. The third-order valence-corrected chi connectivity index (χ3v) is 6.77. The molecule has 0 aliphatic carbocycles. The maximum atomic E-state index is 12.0. The Balaban J connectivity index is 2.68. The second-order valence-corrected chi connectivity index (χ2v) is 7.39. The number of hydrogen-bond donors (Lipinski definition) is 0. The molecule has 5 heteroatoms. The quantitative estimate of drug-likeness (QED) is 0.640. The molecule has 0 bridgehead atoms. The van der Waals surface area contributed by atoms with Crippen LogP contribution in [0.15, 0.2) is 36.4 Å². The second-order valence-electron chi connectivity index (χ2n) is 4.12. The first-order valence-electron chi connectivity index (χ1n) is 5.59. The predicted molar refractivity (Wildman–Crippen MR) is 84.3 cm³/mol. The van der Waals surface area contributed by atoms with Crippen molar-refractivity contribution in [3.8, 4) is 0 Å². The van der Waals surface area contributed by atoms with Crippen molar-refractivity contribution in [3.05, 3.63) is 47.0 Å². The molecule has 100 valence electrons. The van der Waals surface area contributed by atoms with Crippen molar-refractivity contribution in [2.24, 2.45) is 0 Å². The van der Waals surface area contributed by atoms with Crippen molar-refractivity contribution in [3.63, 3.8) is 0 Å². The van der Waals surface area contributed by atoms with E-state index in [1.165, 1.54) is 11.8 Å². The molecule has 0 radical (unpaired) electrons. The minimum Gasteiger partial charge on any atom is -0.615 e. The first-order chi connectivity index (χ1) is 9.05. The summed E-state index contributed by atoms with van der Waals surface area (Å²) in [5.41, 5.74) is 0.719. The Hall–Kier alpha value is -0.680. The van der Waals surface area contributed by atoms with Crippen molar-refractivity contribution < 1.29 is 9.35 Å². The van der Waals surface area contributed by atoms with Crippen LogP contribution in [0.3, 0.4) is 0 Å². The molecule has 0 fully saturated rings. The molecule has 2 atom stereocenters. The smallest absolute Gasteiger partial charge is 0.250 e. The second kappa shape index (κ2) is 5.75. The largest absolute Gasteiger partial charge is 0.615 e. The van der Waals surface area contributed by atoms with Gasteiger partial charge in [0, 0.05) is 16.0 Å². The molecule has 0 heterocycles. The average Bonchev–Trinajstić information content (AvgIpc) is 2.41. The molecule has 0 amide bonds. The van der Waals surface area contributed by atoms with Crippen LogP contribution in [-0.4, -0.2) is 23.4 Å². The molecule has 0 aliphatic rings. The number of benzene rings is 2. The van der Waals surface area contributed by atoms with Gasteiger partial charge in [-0.2, -0.15) is 0 Å². The minimum atomic E-state index is -1.31. The van der Waals surface area contributed by atoms with E-state index in [2.05, 4.69) is 0 Å². The summed E-state index contributed by atoms with van der Waals surface area (Å²) < 4.78 is 10.9. The molecule has 0 saturated heterocycles. The van der Waals surface area contributed by atoms with Gasteiger partial charge in [0.1, 0.15) is 0 Å². The van der Waals surface area contributed by atoms with E-state index in [1.807, 2.05) is 30.3 Å². The lowest BCUT2D eigenvalue weighted by molar-refractivity contribution is -0.108. The molecule has 2 aromatic rings. The lowest BCUT2D eigenvalue weighted by atomic mass is 10.0. The fourth-order valence-electron chi connectivity index (χ4n) is 2.04. The number of carbonyl (C=O) groups is 1. The Morgan fingerprint density at radius 2 is 2.11 bits per heavy atom. The highest BCUT2D eigenvalue weighted by atomic mass is 35.5. The maximum Gasteiger partial charge on any atom is 0.250 e. The van der Waals surface area contributed by atoms with Crippen molar-refractivity contribution in [2.45, 2.75) is 4.08 Å². The van der Waals surface area contributed by atoms with E-state index in [9.17, 15) is 9.35 Å². The highest BCUT2D eigenvalue weighted by Crippen LogP contribution is 2.39. The standard InChI is InChI=1S/C14H13ClO2S2/c1-18-14(9-16,19(2)17)11-7-6-10-4-3-5-13(15)12(10)8-11/h3-9H,1-2H3. The van der Waals surface area contributed by atoms with Gasteiger partial charge in [-0.15, -0.1) is 0 Å². The molecule has 19 heavy (non-hydrogen) atoms. The Bertz CT molecular complexity index is 615. The van der Waals surface area contributed by atoms with Crippen LogP contribution in [0, 0.1) is 0 Å². The van der Waals surface area contributed by atoms with Crippen LogP contribution in [0.5, 0.6) is 0 Å². The Morgan fingerprint density at radius 3 is 2.68 bits per heavy atom. The average molecular weight is 313 g/mol. The molecule has 2 rings (SSSR count). The molecule has 0 aromatic heterocycles. The monoisotopic (exact) mass is 312 g/mol. The van der Waals surface area contributed by atoms with Crippen molar-refractivity contribution in [1.29, 1.82) is 0 Å². The normalized spacial score (nSPS) is 16.0. The van der Waals surface area contributed by atoms with Gasteiger partial charge in [-0.05, 0) is 35.0 Å². The summed E-state index contributed by atoms with van der Waals surface area (Å²) in [6, 6.07) is 11.2. The van der Waals surface area contributed by atoms with Gasteiger partial charge in [0.25, 0.3) is 4.08 Å². The molecular formula is C14H13ClO2S2. The zero-order valence-corrected chi connectivity index (χ0v) is 12.9. The van der Waals surface area contributed by atoms with Crippen molar-refractivity contribution in [1.82, 2.24) is 0 Å². The lowest BCUT2D eigenvalue weighted by Gasteiger charge is -2.27. The van der Waals surface area contributed by atoms with Crippen LogP contribution in [0.2, 0.25) is 5.02 Å². The maximum absolute atomic E-state index is 12.0. The van der Waals surface area contributed by atoms with Crippen LogP contribution < -0.4 is 0 Å². The van der Waals surface area contributed by atoms with Gasteiger partial charge < -0.3 is 4.55 Å². The Kier molecular flexibility index (Phi) is 4.46. The topological polar surface area (TPSA) is 40.1 Å². The van der Waals surface area contributed by atoms with E-state index in [0.717, 1.165) is 22.6 Å². The summed E-state index contributed by atoms with van der Waals surface area (Å²) in [6.07, 6.45) is 4.08. The van der Waals surface area contributed by atoms with Crippen LogP contribution in [0.4, 0.5) is 0 Å². The molecule has 0 N–H and O–H groups in total. The first-order valence-corrected chi connectivity index (χ1v) is 8.75. The van der Waals surface area contributed by atoms with E-state index in [0.29, 0.717) is 5.02 Å². The SMILES string of the molecule is CSC(C=O)(c1ccc2cccc(Cl)c2c1)[S+](C)[O-]. The minimum absolute atomic E-state index is 0.627. The first kappa shape index (κ1) is 14.7. The van der Waals surface area contributed by atoms with Gasteiger partial charge in [-0.25, -0.2) is 0 Å². The fraction of sp³-hybridized carbons (Fsp3) is 0.214. The van der Waals surface area contributed by atoms with Crippen molar-refractivity contribution in [2.75, 3.05) is 12.5 Å². The van der Waals surface area contributed by atoms with E-state index >= 15 is 0 Å². The van der Waals surface area contributed by atoms with Crippen LogP contribution >= 0.6 is 23.4 Å². The molecule has 0 aliphatic heterocycles. The van der Waals surface area contributed by atoms with E-state index in [4.69, 9.17) is 11.6 Å². The number of rotatable bonds is 4. The van der Waals surface area contributed by atoms with Gasteiger partial charge in [-0.3, -0.25) is 4.79 Å². The molecular weight excluding hydrogens is 300 g/mol. The summed E-state index contributed by atoms with van der Waals surface area (Å²) in [4.78, 5) is 11.5. The highest BCUT2D eigenvalue weighted by molar-refractivity contribution is 8.14. The zero-order chi connectivity index (χ0) is 14.0. The molecule has 2 unspecified atom stereocenters. The number of carbonyl (C=O) groups excluding carboxylic acids is 1. The van der Waals surface area contributed by atoms with Gasteiger partial charge in [0.15, 0.2) is 6.29 Å². The highest BCUT2D eigenvalue weighted by Gasteiger charge is 2.41. The van der Waals surface area contributed by atoms with Crippen LogP contribution in [0.25, 0.3) is 10.8 Å². The third-order valence-electron chi connectivity index (χ3n) is 3.12. The summed E-state index contributed by atoms with van der Waals surface area (Å²) in [6.45, 7) is 0. The van der Waals surface area contributed by atoms with Gasteiger partial charge in [-0.1, -0.05) is 47.6 Å². The van der Waals surface area contributed by atoms with Gasteiger partial charge >= 0.3 is 0 Å². The number of fused-ring (bicyclic) bond motifs is 1. The fourth-order valence-corrected chi connectivity index (χ4v) is 4.26. The van der Waals surface area contributed by atoms with E-state index in [1.54, 1.807) is 18.6 Å². The van der Waals surface area contributed by atoms with Crippen LogP contribution in [0.1, 0.15) is 5.56 Å². The predicted octanol–water partition coefficient (Wildman–Crippen LogP) is 3.59. The number of thioether (sulfide) groups is 1. The molecule has 2 nitrogen and oxygen atoms in total. The number of halogens is 1. The molecule has 0 spiro atoms. The Labute approximate surface area is 124 Å². The summed E-state index contributed by atoms with van der Waals surface area (Å²) >= 11 is 6.15. The third kappa shape index (κ3) is 2.50. The molecule has 2 aromatic carbocycles. The van der Waals surface area contributed by atoms with E-state index in [-0.39, 0.29) is 0 Å². The lowest BCUT2D eigenvalue weighted by Crippen LogP contribution is -2.33. The number of aldehydes is 1. The van der Waals surface area contributed by atoms with E-state index < -0.39 is 15.3 Å². The molecule has 0 saturated carbocycles. The summed E-state index contributed by atoms with van der Waals surface area (Å²) in [7, 11) is 0. The number of hydrogen-bond acceptors (Lipinski definition) is 3.